The Bertz CT molecular complexity index is 1670. The topological polar surface area (TPSA) is 106 Å². The molecule has 0 aliphatic rings. The van der Waals surface area contributed by atoms with Gasteiger partial charge in [-0.05, 0) is 17.2 Å². The molecule has 7 nitrogen and oxygen atoms in total. The number of rotatable bonds is 8. The Labute approximate surface area is 226 Å². The fourth-order valence-electron chi connectivity index (χ4n) is 3.52. The third-order valence-electron chi connectivity index (χ3n) is 5.59. The third-order valence-corrected chi connectivity index (χ3v) is 7.88. The number of hydrogen-bond donors (Lipinski definition) is 2. The van der Waals surface area contributed by atoms with Crippen LogP contribution in [0.2, 0.25) is 0 Å². The van der Waals surface area contributed by atoms with E-state index in [-0.39, 0.29) is 16.4 Å². The fraction of sp³-hybridized carbons (Fsp3) is 0.120. The van der Waals surface area contributed by atoms with Gasteiger partial charge in [-0.3, -0.25) is 4.72 Å². The lowest BCUT2D eigenvalue weighted by atomic mass is 10.0. The van der Waals surface area contributed by atoms with E-state index in [0.29, 0.717) is 34.9 Å². The van der Waals surface area contributed by atoms with E-state index in [1.54, 1.807) is 24.3 Å². The van der Waals surface area contributed by atoms with Crippen LogP contribution in [0.15, 0.2) is 71.1 Å². The Morgan fingerprint density at radius 2 is 1.50 bits per heavy atom. The molecule has 0 saturated carbocycles. The number of aromatic nitrogens is 1. The number of halogens is 6. The summed E-state index contributed by atoms with van der Waals surface area (Å²) >= 11 is 0.965. The van der Waals surface area contributed by atoms with Gasteiger partial charge in [0.1, 0.15) is 16.6 Å². The van der Waals surface area contributed by atoms with Crippen LogP contribution in [0.3, 0.4) is 0 Å². The summed E-state index contributed by atoms with van der Waals surface area (Å²) < 4.78 is 112. The number of carboxylic acids is 1. The summed E-state index contributed by atoms with van der Waals surface area (Å²) in [5.74, 6) is -7.98. The largest absolute Gasteiger partial charge is 0.495 e. The number of methoxy groups -OCH3 is 1. The molecule has 0 unspecified atom stereocenters. The quantitative estimate of drug-likeness (QED) is 0.216. The minimum absolute atomic E-state index is 0.233. The number of sulfonamides is 1. The van der Waals surface area contributed by atoms with E-state index in [1.165, 1.54) is 5.38 Å². The predicted octanol–water partition coefficient (Wildman–Crippen LogP) is 6.78. The molecule has 4 rings (SSSR count). The van der Waals surface area contributed by atoms with Crippen molar-refractivity contribution in [1.82, 2.24) is 4.98 Å². The van der Waals surface area contributed by atoms with Crippen molar-refractivity contribution in [3.8, 4) is 27.4 Å². The molecule has 1 aromatic heterocycles. The molecule has 0 saturated heterocycles. The molecule has 3 aromatic carbocycles. The van der Waals surface area contributed by atoms with Gasteiger partial charge < -0.3 is 9.84 Å². The van der Waals surface area contributed by atoms with Crippen LogP contribution in [0.25, 0.3) is 21.7 Å². The first-order valence-corrected chi connectivity index (χ1v) is 13.3. The molecule has 210 valence electrons. The SMILES string of the molecule is COc1cc(C(=O)O)c(F)cc1NS(=O)(=O)c1csc(-c2ccc(-c3ccc(C(F)(F)C(F)(F)F)cc3)cc2)n1. The van der Waals surface area contributed by atoms with E-state index in [4.69, 9.17) is 9.84 Å². The van der Waals surface area contributed by atoms with Crippen LogP contribution in [-0.4, -0.2) is 37.8 Å². The molecule has 1 heterocycles. The number of aromatic carboxylic acids is 1. The van der Waals surface area contributed by atoms with Crippen molar-refractivity contribution in [2.45, 2.75) is 17.1 Å². The van der Waals surface area contributed by atoms with Crippen molar-refractivity contribution in [1.29, 1.82) is 0 Å². The Hall–Kier alpha value is -4.11. The zero-order chi connectivity index (χ0) is 29.5. The second-order valence-electron chi connectivity index (χ2n) is 8.16. The third kappa shape index (κ3) is 5.60. The molecule has 40 heavy (non-hydrogen) atoms. The van der Waals surface area contributed by atoms with Crippen LogP contribution in [0, 0.1) is 5.82 Å². The van der Waals surface area contributed by atoms with E-state index >= 15 is 0 Å². The molecule has 0 spiro atoms. The molecule has 4 aromatic rings. The van der Waals surface area contributed by atoms with Crippen molar-refractivity contribution in [2.24, 2.45) is 0 Å². The average Bonchev–Trinajstić information content (AvgIpc) is 3.40. The summed E-state index contributed by atoms with van der Waals surface area (Å²) in [6.45, 7) is 0. The highest BCUT2D eigenvalue weighted by Gasteiger charge is 2.58. The summed E-state index contributed by atoms with van der Waals surface area (Å²) in [6.07, 6.45) is -5.72. The Kier molecular flexibility index (Phi) is 7.56. The molecular formula is C25H16F6N2O5S2. The number of nitrogens with zero attached hydrogens (tertiary/aromatic N) is 1. The summed E-state index contributed by atoms with van der Waals surface area (Å²) in [6, 6.07) is 11.4. The standard InChI is InChI=1S/C25H16F6N2O5S2/c1-38-20-10-17(23(34)35)18(26)11-19(20)33-40(36,37)21-12-39-22(32-21)15-4-2-13(3-5-15)14-6-8-16(9-7-14)24(27,28)25(29,30)31/h2-12,33H,1H3,(H,34,35). The molecule has 0 radical (unpaired) electrons. The van der Waals surface area contributed by atoms with Crippen LogP contribution >= 0.6 is 11.3 Å². The molecule has 0 atom stereocenters. The van der Waals surface area contributed by atoms with Gasteiger partial charge in [-0.2, -0.15) is 30.4 Å². The lowest BCUT2D eigenvalue weighted by Gasteiger charge is -2.20. The minimum Gasteiger partial charge on any atom is -0.495 e. The van der Waals surface area contributed by atoms with Gasteiger partial charge >= 0.3 is 18.1 Å². The van der Waals surface area contributed by atoms with Gasteiger partial charge in [0.2, 0.25) is 0 Å². The van der Waals surface area contributed by atoms with Crippen LogP contribution in [0.1, 0.15) is 15.9 Å². The highest BCUT2D eigenvalue weighted by molar-refractivity contribution is 7.92. The Morgan fingerprint density at radius 1 is 0.950 bits per heavy atom. The number of benzene rings is 3. The molecule has 0 fully saturated rings. The zero-order valence-electron chi connectivity index (χ0n) is 20.0. The highest BCUT2D eigenvalue weighted by atomic mass is 32.2. The number of thiazole rings is 1. The van der Waals surface area contributed by atoms with E-state index in [2.05, 4.69) is 9.71 Å². The van der Waals surface area contributed by atoms with Crippen LogP contribution in [0.5, 0.6) is 5.75 Å². The first-order chi connectivity index (χ1) is 18.6. The summed E-state index contributed by atoms with van der Waals surface area (Å²) in [4.78, 5) is 15.2. The van der Waals surface area contributed by atoms with Crippen molar-refractivity contribution in [3.05, 3.63) is 83.0 Å². The number of carboxylic acid groups (broad SMARTS) is 1. The molecular weight excluding hydrogens is 586 g/mol. The van der Waals surface area contributed by atoms with Gasteiger partial charge in [0, 0.05) is 22.6 Å². The maximum atomic E-state index is 14.1. The number of carbonyl (C=O) groups is 1. The van der Waals surface area contributed by atoms with Crippen LogP contribution in [-0.2, 0) is 15.9 Å². The number of nitrogens with one attached hydrogen (secondary N) is 1. The number of anilines is 1. The van der Waals surface area contributed by atoms with Crippen molar-refractivity contribution in [3.63, 3.8) is 0 Å². The van der Waals surface area contributed by atoms with Crippen molar-refractivity contribution < 1.29 is 49.4 Å². The van der Waals surface area contributed by atoms with Crippen LogP contribution < -0.4 is 9.46 Å². The van der Waals surface area contributed by atoms with Gasteiger partial charge in [0.25, 0.3) is 10.0 Å². The molecule has 0 bridgehead atoms. The summed E-state index contributed by atoms with van der Waals surface area (Å²) in [5.41, 5.74) is -0.906. The first kappa shape index (κ1) is 28.9. The lowest BCUT2D eigenvalue weighted by molar-refractivity contribution is -0.289. The molecule has 0 aliphatic heterocycles. The smallest absolute Gasteiger partial charge is 0.458 e. The summed E-state index contributed by atoms with van der Waals surface area (Å²) in [5, 5.41) is 10.1. The molecule has 2 N–H and O–H groups in total. The van der Waals surface area contributed by atoms with Gasteiger partial charge in [0.15, 0.2) is 5.03 Å². The van der Waals surface area contributed by atoms with E-state index in [9.17, 15) is 39.6 Å². The molecule has 15 heteroatoms. The lowest BCUT2D eigenvalue weighted by Crippen LogP contribution is -2.33. The van der Waals surface area contributed by atoms with Gasteiger partial charge in [0.05, 0.1) is 18.4 Å². The Balaban J connectivity index is 1.54. The second-order valence-corrected chi connectivity index (χ2v) is 10.6. The van der Waals surface area contributed by atoms with E-state index in [0.717, 1.165) is 36.6 Å². The predicted molar refractivity (Wildman–Crippen MR) is 134 cm³/mol. The number of ether oxygens (including phenoxy) is 1. The zero-order valence-corrected chi connectivity index (χ0v) is 21.6. The first-order valence-electron chi connectivity index (χ1n) is 10.9. The minimum atomic E-state index is -5.72. The van der Waals surface area contributed by atoms with Gasteiger partial charge in [-0.15, -0.1) is 11.3 Å². The monoisotopic (exact) mass is 602 g/mol. The molecule has 0 amide bonds. The number of alkyl halides is 5. The number of hydrogen-bond acceptors (Lipinski definition) is 6. The van der Waals surface area contributed by atoms with E-state index in [1.807, 2.05) is 0 Å². The maximum Gasteiger partial charge on any atom is 0.458 e. The normalized spacial score (nSPS) is 12.3. The average molecular weight is 603 g/mol. The van der Waals surface area contributed by atoms with Crippen LogP contribution in [0.4, 0.5) is 32.0 Å². The van der Waals surface area contributed by atoms with Crippen molar-refractivity contribution in [2.75, 3.05) is 11.8 Å². The molecule has 0 aliphatic carbocycles. The maximum absolute atomic E-state index is 14.1. The van der Waals surface area contributed by atoms with E-state index < -0.39 is 50.1 Å². The van der Waals surface area contributed by atoms with Gasteiger partial charge in [-0.1, -0.05) is 48.5 Å². The summed E-state index contributed by atoms with van der Waals surface area (Å²) in [7, 11) is -3.20. The van der Waals surface area contributed by atoms with Gasteiger partial charge in [-0.25, -0.2) is 14.2 Å². The van der Waals surface area contributed by atoms with Crippen molar-refractivity contribution >= 4 is 33.0 Å². The second kappa shape index (κ2) is 10.5. The Morgan fingerprint density at radius 3 is 2.02 bits per heavy atom. The highest BCUT2D eigenvalue weighted by Crippen LogP contribution is 2.44. The fourth-order valence-corrected chi connectivity index (χ4v) is 5.68.